The average molecular weight is 264 g/mol. The molecule has 0 radical (unpaired) electrons. The molecular formula is C17H28O2. The van der Waals surface area contributed by atoms with Crippen molar-refractivity contribution in [1.29, 1.82) is 0 Å². The highest BCUT2D eigenvalue weighted by atomic mass is 16.7. The third kappa shape index (κ3) is 3.41. The second kappa shape index (κ2) is 5.57. The third-order valence-corrected chi connectivity index (χ3v) is 5.06. The molecule has 1 heterocycles. The Morgan fingerprint density at radius 1 is 1.16 bits per heavy atom. The van der Waals surface area contributed by atoms with Gasteiger partial charge in [-0.05, 0) is 43.9 Å². The van der Waals surface area contributed by atoms with Crippen LogP contribution in [-0.4, -0.2) is 18.5 Å². The van der Waals surface area contributed by atoms with E-state index in [0.29, 0.717) is 17.6 Å². The van der Waals surface area contributed by atoms with E-state index in [4.69, 9.17) is 9.47 Å². The van der Waals surface area contributed by atoms with Crippen molar-refractivity contribution in [3.8, 4) is 0 Å². The highest BCUT2D eigenvalue weighted by molar-refractivity contribution is 5.08. The molecule has 108 valence electrons. The van der Waals surface area contributed by atoms with Gasteiger partial charge >= 0.3 is 0 Å². The molecule has 0 amide bonds. The minimum atomic E-state index is 0.0731. The van der Waals surface area contributed by atoms with E-state index in [9.17, 15) is 0 Å². The molecule has 2 aliphatic carbocycles. The lowest BCUT2D eigenvalue weighted by Gasteiger charge is -2.28. The summed E-state index contributed by atoms with van der Waals surface area (Å²) >= 11 is 0. The first-order valence-electron chi connectivity index (χ1n) is 8.11. The second-order valence-corrected chi connectivity index (χ2v) is 7.33. The van der Waals surface area contributed by atoms with Gasteiger partial charge in [0.15, 0.2) is 6.29 Å². The molecule has 1 saturated carbocycles. The molecular weight excluding hydrogens is 236 g/mol. The molecule has 2 atom stereocenters. The number of fused-ring (bicyclic) bond motifs is 1. The van der Waals surface area contributed by atoms with Crippen molar-refractivity contribution in [1.82, 2.24) is 0 Å². The molecule has 1 saturated heterocycles. The lowest BCUT2D eigenvalue weighted by Crippen LogP contribution is -2.25. The Morgan fingerprint density at radius 2 is 1.84 bits per heavy atom. The maximum absolute atomic E-state index is 6.05. The molecule has 0 bridgehead atoms. The number of hydrogen-bond acceptors (Lipinski definition) is 2. The largest absolute Gasteiger partial charge is 0.347 e. The Hall–Kier alpha value is -0.340. The van der Waals surface area contributed by atoms with Crippen LogP contribution in [0.3, 0.4) is 0 Å². The van der Waals surface area contributed by atoms with Crippen LogP contribution in [0.5, 0.6) is 0 Å². The predicted octanol–water partition coefficient (Wildman–Crippen LogP) is 4.59. The lowest BCUT2D eigenvalue weighted by molar-refractivity contribution is -0.0693. The maximum Gasteiger partial charge on any atom is 0.158 e. The zero-order valence-electron chi connectivity index (χ0n) is 12.5. The van der Waals surface area contributed by atoms with Gasteiger partial charge in [-0.2, -0.15) is 0 Å². The molecule has 19 heavy (non-hydrogen) atoms. The molecule has 2 unspecified atom stereocenters. The van der Waals surface area contributed by atoms with Crippen molar-refractivity contribution in [2.24, 2.45) is 5.41 Å². The van der Waals surface area contributed by atoms with Crippen molar-refractivity contribution in [2.45, 2.75) is 90.1 Å². The molecule has 0 aromatic carbocycles. The number of allylic oxidation sites excluding steroid dienone is 2. The summed E-state index contributed by atoms with van der Waals surface area (Å²) in [4.78, 5) is 0. The van der Waals surface area contributed by atoms with Crippen molar-refractivity contribution >= 4 is 0 Å². The van der Waals surface area contributed by atoms with E-state index in [2.05, 4.69) is 19.9 Å². The molecule has 2 fully saturated rings. The average Bonchev–Trinajstić information content (AvgIpc) is 2.80. The van der Waals surface area contributed by atoms with Gasteiger partial charge in [0, 0.05) is 6.42 Å². The van der Waals surface area contributed by atoms with Gasteiger partial charge in [0.05, 0.1) is 12.2 Å². The van der Waals surface area contributed by atoms with Crippen LogP contribution < -0.4 is 0 Å². The van der Waals surface area contributed by atoms with Crippen LogP contribution in [0.2, 0.25) is 0 Å². The van der Waals surface area contributed by atoms with Crippen LogP contribution in [-0.2, 0) is 9.47 Å². The van der Waals surface area contributed by atoms with E-state index < -0.39 is 0 Å². The molecule has 3 rings (SSSR count). The van der Waals surface area contributed by atoms with Crippen molar-refractivity contribution in [2.75, 3.05) is 0 Å². The third-order valence-electron chi connectivity index (χ3n) is 5.06. The zero-order chi connectivity index (χ0) is 13.3. The van der Waals surface area contributed by atoms with Gasteiger partial charge in [0.2, 0.25) is 0 Å². The molecule has 0 aromatic rings. The highest BCUT2D eigenvalue weighted by Crippen LogP contribution is 2.37. The summed E-state index contributed by atoms with van der Waals surface area (Å²) in [5, 5.41) is 0. The number of rotatable bonds is 3. The Balaban J connectivity index is 1.45. The van der Waals surface area contributed by atoms with Crippen LogP contribution in [0, 0.1) is 5.41 Å². The van der Waals surface area contributed by atoms with E-state index in [1.807, 2.05) is 0 Å². The van der Waals surface area contributed by atoms with Gasteiger partial charge in [0.1, 0.15) is 0 Å². The van der Waals surface area contributed by atoms with Gasteiger partial charge in [-0.1, -0.05) is 38.3 Å². The number of hydrogen-bond donors (Lipinski definition) is 0. The second-order valence-electron chi connectivity index (χ2n) is 7.33. The molecule has 0 spiro atoms. The fourth-order valence-corrected chi connectivity index (χ4v) is 3.59. The standard InChI is InChI=1S/C17H28O2/c1-17(2)11-9-13(10-12-17)7-8-16-18-14-5-3-4-6-15(14)19-16/h9,14-16H,3-8,10-12H2,1-2H3. The van der Waals surface area contributed by atoms with E-state index in [0.717, 1.165) is 6.42 Å². The van der Waals surface area contributed by atoms with Gasteiger partial charge in [-0.15, -0.1) is 0 Å². The topological polar surface area (TPSA) is 18.5 Å². The summed E-state index contributed by atoms with van der Waals surface area (Å²) in [6.07, 6.45) is 14.4. The fourth-order valence-electron chi connectivity index (χ4n) is 3.59. The quantitative estimate of drug-likeness (QED) is 0.694. The molecule has 1 aliphatic heterocycles. The van der Waals surface area contributed by atoms with Gasteiger partial charge in [-0.3, -0.25) is 0 Å². The van der Waals surface area contributed by atoms with E-state index in [-0.39, 0.29) is 6.29 Å². The Labute approximate surface area is 117 Å². The Morgan fingerprint density at radius 3 is 2.42 bits per heavy atom. The van der Waals surface area contributed by atoms with E-state index >= 15 is 0 Å². The molecule has 2 nitrogen and oxygen atoms in total. The summed E-state index contributed by atoms with van der Waals surface area (Å²) in [5.74, 6) is 0. The van der Waals surface area contributed by atoms with Crippen LogP contribution in [0.25, 0.3) is 0 Å². The summed E-state index contributed by atoms with van der Waals surface area (Å²) in [6, 6.07) is 0. The summed E-state index contributed by atoms with van der Waals surface area (Å²) in [5.41, 5.74) is 2.14. The first kappa shape index (κ1) is 13.6. The number of ether oxygens (including phenoxy) is 2. The molecule has 3 aliphatic rings. The summed E-state index contributed by atoms with van der Waals surface area (Å²) in [6.45, 7) is 4.74. The first-order chi connectivity index (χ1) is 9.12. The Kier molecular flexibility index (Phi) is 4.00. The smallest absolute Gasteiger partial charge is 0.158 e. The van der Waals surface area contributed by atoms with Crippen LogP contribution >= 0.6 is 0 Å². The normalized spacial score (nSPS) is 37.8. The lowest BCUT2D eigenvalue weighted by atomic mass is 9.77. The predicted molar refractivity (Wildman–Crippen MR) is 77.0 cm³/mol. The van der Waals surface area contributed by atoms with E-state index in [1.165, 1.54) is 51.4 Å². The molecule has 0 N–H and O–H groups in total. The van der Waals surface area contributed by atoms with Crippen molar-refractivity contribution in [3.05, 3.63) is 11.6 Å². The van der Waals surface area contributed by atoms with Gasteiger partial charge in [-0.25, -0.2) is 0 Å². The van der Waals surface area contributed by atoms with Crippen LogP contribution in [0.4, 0.5) is 0 Å². The van der Waals surface area contributed by atoms with Gasteiger partial charge in [0.25, 0.3) is 0 Å². The first-order valence-corrected chi connectivity index (χ1v) is 8.11. The molecule has 0 aromatic heterocycles. The SMILES string of the molecule is CC1(C)CC=C(CCC2OC3CCCCC3O2)CC1. The monoisotopic (exact) mass is 264 g/mol. The fraction of sp³-hybridized carbons (Fsp3) is 0.882. The van der Waals surface area contributed by atoms with Crippen LogP contribution in [0.1, 0.15) is 71.6 Å². The maximum atomic E-state index is 6.05. The zero-order valence-corrected chi connectivity index (χ0v) is 12.5. The summed E-state index contributed by atoms with van der Waals surface area (Å²) < 4.78 is 12.1. The Bertz CT molecular complexity index is 331. The van der Waals surface area contributed by atoms with Gasteiger partial charge < -0.3 is 9.47 Å². The summed E-state index contributed by atoms with van der Waals surface area (Å²) in [7, 11) is 0. The minimum absolute atomic E-state index is 0.0731. The van der Waals surface area contributed by atoms with E-state index in [1.54, 1.807) is 5.57 Å². The highest BCUT2D eigenvalue weighted by Gasteiger charge is 2.37. The van der Waals surface area contributed by atoms with Crippen molar-refractivity contribution in [3.63, 3.8) is 0 Å². The van der Waals surface area contributed by atoms with Crippen LogP contribution in [0.15, 0.2) is 11.6 Å². The van der Waals surface area contributed by atoms with Crippen molar-refractivity contribution < 1.29 is 9.47 Å². The minimum Gasteiger partial charge on any atom is -0.347 e. The molecule has 2 heteroatoms.